The standard InChI is InChI=1S/C12H19BrO6/c13-6-10(14)7-17-4-5-18-12(15)2-1-3-16-8-11-9-19-11/h11H,1-9H2. The Morgan fingerprint density at radius 2 is 2.00 bits per heavy atom. The Balaban J connectivity index is 1.80. The van der Waals surface area contributed by atoms with E-state index in [1.54, 1.807) is 0 Å². The molecule has 0 radical (unpaired) electrons. The maximum absolute atomic E-state index is 11.3. The summed E-state index contributed by atoms with van der Waals surface area (Å²) in [6.45, 7) is 2.36. The summed E-state index contributed by atoms with van der Waals surface area (Å²) < 4.78 is 20.2. The molecule has 0 saturated carbocycles. The number of Topliss-reactive ketones (excluding diaryl/α,β-unsaturated/α-hetero) is 1. The molecule has 1 heterocycles. The van der Waals surface area contributed by atoms with Crippen LogP contribution in [0.25, 0.3) is 0 Å². The van der Waals surface area contributed by atoms with Crippen molar-refractivity contribution in [2.75, 3.05) is 45.0 Å². The lowest BCUT2D eigenvalue weighted by atomic mass is 10.3. The van der Waals surface area contributed by atoms with E-state index in [0.29, 0.717) is 26.1 Å². The topological polar surface area (TPSA) is 74.4 Å². The van der Waals surface area contributed by atoms with Crippen molar-refractivity contribution in [1.82, 2.24) is 0 Å². The van der Waals surface area contributed by atoms with E-state index in [-0.39, 0.29) is 43.0 Å². The molecule has 0 amide bonds. The fourth-order valence-corrected chi connectivity index (χ4v) is 1.37. The molecule has 110 valence electrons. The van der Waals surface area contributed by atoms with Crippen LogP contribution >= 0.6 is 15.9 Å². The van der Waals surface area contributed by atoms with Gasteiger partial charge in [-0.15, -0.1) is 0 Å². The minimum absolute atomic E-state index is 0.0388. The van der Waals surface area contributed by atoms with Crippen LogP contribution in [0, 0.1) is 0 Å². The number of ketones is 1. The Kier molecular flexibility index (Phi) is 8.98. The molecule has 19 heavy (non-hydrogen) atoms. The smallest absolute Gasteiger partial charge is 0.305 e. The lowest BCUT2D eigenvalue weighted by Crippen LogP contribution is -2.15. The van der Waals surface area contributed by atoms with E-state index in [1.807, 2.05) is 0 Å². The Morgan fingerprint density at radius 3 is 2.68 bits per heavy atom. The van der Waals surface area contributed by atoms with E-state index < -0.39 is 0 Å². The van der Waals surface area contributed by atoms with E-state index in [2.05, 4.69) is 15.9 Å². The molecule has 0 aromatic rings. The normalized spacial score (nSPS) is 17.2. The SMILES string of the molecule is O=C(CBr)COCCOC(=O)CCCOCC1CO1. The number of esters is 1. The first kappa shape index (κ1) is 16.6. The maximum Gasteiger partial charge on any atom is 0.305 e. The highest BCUT2D eigenvalue weighted by molar-refractivity contribution is 9.09. The van der Waals surface area contributed by atoms with Crippen LogP contribution < -0.4 is 0 Å². The largest absolute Gasteiger partial charge is 0.463 e. The summed E-state index contributed by atoms with van der Waals surface area (Å²) in [4.78, 5) is 22.1. The second kappa shape index (κ2) is 10.3. The van der Waals surface area contributed by atoms with Crippen molar-refractivity contribution in [3.05, 3.63) is 0 Å². The molecule has 1 aliphatic heterocycles. The minimum Gasteiger partial charge on any atom is -0.463 e. The molecule has 1 aliphatic rings. The third-order valence-electron chi connectivity index (χ3n) is 2.28. The van der Waals surface area contributed by atoms with Gasteiger partial charge in [0.2, 0.25) is 0 Å². The number of hydrogen-bond donors (Lipinski definition) is 0. The Bertz CT molecular complexity index is 279. The van der Waals surface area contributed by atoms with Crippen LogP contribution in [-0.4, -0.2) is 62.8 Å². The molecule has 0 aliphatic carbocycles. The molecule has 1 saturated heterocycles. The highest BCUT2D eigenvalue weighted by Gasteiger charge is 2.21. The Hall–Kier alpha value is -0.500. The molecule has 0 bridgehead atoms. The lowest BCUT2D eigenvalue weighted by molar-refractivity contribution is -0.145. The fraction of sp³-hybridized carbons (Fsp3) is 0.833. The van der Waals surface area contributed by atoms with Crippen LogP contribution in [0.2, 0.25) is 0 Å². The molecule has 6 nitrogen and oxygen atoms in total. The molecule has 1 fully saturated rings. The fourth-order valence-electron chi connectivity index (χ4n) is 1.21. The van der Waals surface area contributed by atoms with Gasteiger partial charge in [-0.1, -0.05) is 15.9 Å². The number of carbonyl (C=O) groups is 2. The summed E-state index contributed by atoms with van der Waals surface area (Å²) >= 11 is 3.03. The van der Waals surface area contributed by atoms with E-state index in [1.165, 1.54) is 0 Å². The number of epoxide rings is 1. The monoisotopic (exact) mass is 338 g/mol. The Morgan fingerprint density at radius 1 is 1.21 bits per heavy atom. The predicted molar refractivity (Wildman–Crippen MR) is 70.4 cm³/mol. The van der Waals surface area contributed by atoms with Crippen molar-refractivity contribution in [2.24, 2.45) is 0 Å². The van der Waals surface area contributed by atoms with Crippen LogP contribution in [0.15, 0.2) is 0 Å². The van der Waals surface area contributed by atoms with Crippen LogP contribution in [-0.2, 0) is 28.5 Å². The van der Waals surface area contributed by atoms with Crippen molar-refractivity contribution >= 4 is 27.7 Å². The molecule has 1 rings (SSSR count). The first-order valence-electron chi connectivity index (χ1n) is 6.22. The van der Waals surface area contributed by atoms with E-state index in [9.17, 15) is 9.59 Å². The molecule has 0 aromatic heterocycles. The van der Waals surface area contributed by atoms with Crippen LogP contribution in [0.4, 0.5) is 0 Å². The number of rotatable bonds is 12. The van der Waals surface area contributed by atoms with Crippen LogP contribution in [0.5, 0.6) is 0 Å². The molecule has 1 atom stereocenters. The van der Waals surface area contributed by atoms with Crippen molar-refractivity contribution in [1.29, 1.82) is 0 Å². The zero-order valence-corrected chi connectivity index (χ0v) is 12.4. The van der Waals surface area contributed by atoms with Gasteiger partial charge in [0, 0.05) is 13.0 Å². The van der Waals surface area contributed by atoms with Crippen molar-refractivity contribution in [2.45, 2.75) is 18.9 Å². The quantitative estimate of drug-likeness (QED) is 0.226. The van der Waals surface area contributed by atoms with Crippen molar-refractivity contribution in [3.63, 3.8) is 0 Å². The summed E-state index contributed by atoms with van der Waals surface area (Å²) in [6, 6.07) is 0. The highest BCUT2D eigenvalue weighted by Crippen LogP contribution is 2.08. The number of halogens is 1. The van der Waals surface area contributed by atoms with Gasteiger partial charge in [-0.25, -0.2) is 0 Å². The van der Waals surface area contributed by atoms with Gasteiger partial charge >= 0.3 is 5.97 Å². The number of ether oxygens (including phenoxy) is 4. The maximum atomic E-state index is 11.3. The average molecular weight is 339 g/mol. The summed E-state index contributed by atoms with van der Waals surface area (Å²) in [5.41, 5.74) is 0. The van der Waals surface area contributed by atoms with E-state index >= 15 is 0 Å². The van der Waals surface area contributed by atoms with Gasteiger partial charge in [0.25, 0.3) is 0 Å². The number of carbonyl (C=O) groups excluding carboxylic acids is 2. The van der Waals surface area contributed by atoms with Crippen molar-refractivity contribution in [3.8, 4) is 0 Å². The first-order valence-corrected chi connectivity index (χ1v) is 7.35. The van der Waals surface area contributed by atoms with Gasteiger partial charge in [0.15, 0.2) is 5.78 Å². The van der Waals surface area contributed by atoms with E-state index in [4.69, 9.17) is 18.9 Å². The predicted octanol–water partition coefficient (Wildman–Crippen LogP) is 0.706. The molecular formula is C12H19BrO6. The summed E-state index contributed by atoms with van der Waals surface area (Å²) in [5.74, 6) is -0.315. The van der Waals surface area contributed by atoms with Gasteiger partial charge in [-0.2, -0.15) is 0 Å². The third kappa shape index (κ3) is 10.0. The minimum atomic E-state index is -0.276. The van der Waals surface area contributed by atoms with Gasteiger partial charge in [-0.3, -0.25) is 9.59 Å². The summed E-state index contributed by atoms with van der Waals surface area (Å²) in [6.07, 6.45) is 1.21. The third-order valence-corrected chi connectivity index (χ3v) is 2.90. The van der Waals surface area contributed by atoms with Gasteiger partial charge in [0.05, 0.1) is 25.2 Å². The van der Waals surface area contributed by atoms with Crippen molar-refractivity contribution < 1.29 is 28.5 Å². The first-order chi connectivity index (χ1) is 9.22. The van der Waals surface area contributed by atoms with Gasteiger partial charge in [0.1, 0.15) is 19.3 Å². The number of alkyl halides is 1. The van der Waals surface area contributed by atoms with Crippen LogP contribution in [0.3, 0.4) is 0 Å². The van der Waals surface area contributed by atoms with Gasteiger partial charge in [-0.05, 0) is 6.42 Å². The molecule has 1 unspecified atom stereocenters. The molecular weight excluding hydrogens is 320 g/mol. The molecule has 0 N–H and O–H groups in total. The average Bonchev–Trinajstić information content (AvgIpc) is 3.21. The summed E-state index contributed by atoms with van der Waals surface area (Å²) in [5, 5.41) is 0.276. The van der Waals surface area contributed by atoms with E-state index in [0.717, 1.165) is 6.61 Å². The van der Waals surface area contributed by atoms with Gasteiger partial charge < -0.3 is 18.9 Å². The lowest BCUT2D eigenvalue weighted by Gasteiger charge is -2.05. The van der Waals surface area contributed by atoms with Crippen LogP contribution in [0.1, 0.15) is 12.8 Å². The second-order valence-electron chi connectivity index (χ2n) is 4.08. The summed E-state index contributed by atoms with van der Waals surface area (Å²) in [7, 11) is 0. The molecule has 7 heteroatoms. The zero-order chi connectivity index (χ0) is 13.9. The molecule has 0 spiro atoms. The number of hydrogen-bond acceptors (Lipinski definition) is 6. The highest BCUT2D eigenvalue weighted by atomic mass is 79.9. The second-order valence-corrected chi connectivity index (χ2v) is 4.64. The Labute approximate surface area is 120 Å². The zero-order valence-electron chi connectivity index (χ0n) is 10.8. The molecule has 0 aromatic carbocycles.